The highest BCUT2D eigenvalue weighted by molar-refractivity contribution is 9.10. The van der Waals surface area contributed by atoms with E-state index in [0.29, 0.717) is 11.4 Å². The average Bonchev–Trinajstić information content (AvgIpc) is 3.11. The van der Waals surface area contributed by atoms with Crippen molar-refractivity contribution in [1.82, 2.24) is 9.47 Å². The van der Waals surface area contributed by atoms with E-state index in [9.17, 15) is 9.59 Å². The second-order valence-electron chi connectivity index (χ2n) is 5.50. The van der Waals surface area contributed by atoms with Crippen molar-refractivity contribution in [1.29, 1.82) is 0 Å². The van der Waals surface area contributed by atoms with E-state index in [1.165, 1.54) is 10.6 Å². The van der Waals surface area contributed by atoms with Crippen molar-refractivity contribution in [2.45, 2.75) is 12.8 Å². The van der Waals surface area contributed by atoms with Crippen LogP contribution in [0.4, 0.5) is 0 Å². The van der Waals surface area contributed by atoms with Gasteiger partial charge in [0.1, 0.15) is 0 Å². The zero-order chi connectivity index (χ0) is 16.9. The molecule has 6 heteroatoms. The lowest BCUT2D eigenvalue weighted by Gasteiger charge is -2.20. The van der Waals surface area contributed by atoms with Crippen LogP contribution in [0.15, 0.2) is 63.8 Å². The standard InChI is InChI=1S/C18H17BrN2O3/c19-15-8-6-14(7-9-15)18(23)24-17(20-10-3-4-11-20)13-21-12-2-1-5-16(21)22/h1-2,5-9,12-13H,3-4,10-11H2. The molecule has 1 aliphatic heterocycles. The van der Waals surface area contributed by atoms with E-state index in [2.05, 4.69) is 15.9 Å². The Balaban J connectivity index is 1.88. The van der Waals surface area contributed by atoms with E-state index in [1.807, 2.05) is 4.90 Å². The molecule has 0 saturated carbocycles. The maximum atomic E-state index is 12.4. The van der Waals surface area contributed by atoms with Crippen LogP contribution in [0.5, 0.6) is 0 Å². The Labute approximate surface area is 148 Å². The number of pyridine rings is 1. The van der Waals surface area contributed by atoms with Crippen LogP contribution in [-0.4, -0.2) is 28.5 Å². The van der Waals surface area contributed by atoms with E-state index in [4.69, 9.17) is 4.74 Å². The van der Waals surface area contributed by atoms with Gasteiger partial charge in [0.2, 0.25) is 5.88 Å². The lowest BCUT2D eigenvalue weighted by molar-refractivity contribution is 0.0524. The highest BCUT2D eigenvalue weighted by Crippen LogP contribution is 2.19. The summed E-state index contributed by atoms with van der Waals surface area (Å²) in [4.78, 5) is 26.3. The number of nitrogens with zero attached hydrogens (tertiary/aromatic N) is 2. The summed E-state index contributed by atoms with van der Waals surface area (Å²) in [6.45, 7) is 1.61. The Morgan fingerprint density at radius 2 is 1.79 bits per heavy atom. The summed E-state index contributed by atoms with van der Waals surface area (Å²) in [5.41, 5.74) is 0.289. The molecule has 1 saturated heterocycles. The van der Waals surface area contributed by atoms with E-state index in [0.717, 1.165) is 30.4 Å². The fourth-order valence-electron chi connectivity index (χ4n) is 2.52. The van der Waals surface area contributed by atoms with Crippen molar-refractivity contribution >= 4 is 28.1 Å². The molecule has 0 N–H and O–H groups in total. The summed E-state index contributed by atoms with van der Waals surface area (Å²) in [5, 5.41) is 0. The van der Waals surface area contributed by atoms with E-state index >= 15 is 0 Å². The summed E-state index contributed by atoms with van der Waals surface area (Å²) in [5.74, 6) is -0.0432. The molecule has 2 aromatic rings. The topological polar surface area (TPSA) is 51.5 Å². The van der Waals surface area contributed by atoms with E-state index < -0.39 is 5.97 Å². The third kappa shape index (κ3) is 3.94. The number of hydrogen-bond donors (Lipinski definition) is 0. The molecule has 5 nitrogen and oxygen atoms in total. The van der Waals surface area contributed by atoms with Crippen molar-refractivity contribution in [2.75, 3.05) is 13.1 Å². The number of esters is 1. The molecule has 0 amide bonds. The minimum atomic E-state index is -0.440. The summed E-state index contributed by atoms with van der Waals surface area (Å²) in [6, 6.07) is 11.9. The van der Waals surface area contributed by atoms with Gasteiger partial charge in [-0.15, -0.1) is 0 Å². The molecular weight excluding hydrogens is 372 g/mol. The monoisotopic (exact) mass is 388 g/mol. The van der Waals surface area contributed by atoms with E-state index in [1.54, 1.807) is 48.8 Å². The van der Waals surface area contributed by atoms with Crippen LogP contribution in [-0.2, 0) is 4.74 Å². The number of aromatic nitrogens is 1. The molecule has 24 heavy (non-hydrogen) atoms. The first kappa shape index (κ1) is 16.5. The number of ether oxygens (including phenoxy) is 1. The smallest absolute Gasteiger partial charge is 0.344 e. The fourth-order valence-corrected chi connectivity index (χ4v) is 2.78. The van der Waals surface area contributed by atoms with Crippen molar-refractivity contribution in [3.63, 3.8) is 0 Å². The van der Waals surface area contributed by atoms with Gasteiger partial charge in [0.05, 0.1) is 11.8 Å². The lowest BCUT2D eigenvalue weighted by atomic mass is 10.2. The SMILES string of the molecule is O=C(OC(=Cn1ccccc1=O)N1CCCC1)c1ccc(Br)cc1. The van der Waals surface area contributed by atoms with Gasteiger partial charge in [-0.3, -0.25) is 9.36 Å². The molecule has 3 rings (SSSR count). The Kier molecular flexibility index (Phi) is 5.15. The first-order valence-corrected chi connectivity index (χ1v) is 8.54. The van der Waals surface area contributed by atoms with Gasteiger partial charge in [-0.2, -0.15) is 0 Å². The molecule has 1 aliphatic rings. The average molecular weight is 389 g/mol. The van der Waals surface area contributed by atoms with E-state index in [-0.39, 0.29) is 5.56 Å². The van der Waals surface area contributed by atoms with Gasteiger partial charge >= 0.3 is 5.97 Å². The van der Waals surface area contributed by atoms with Crippen molar-refractivity contribution < 1.29 is 9.53 Å². The van der Waals surface area contributed by atoms with Crippen molar-refractivity contribution in [3.8, 4) is 0 Å². The molecule has 1 fully saturated rings. The number of hydrogen-bond acceptors (Lipinski definition) is 4. The van der Waals surface area contributed by atoms with Crippen molar-refractivity contribution in [3.05, 3.63) is 74.9 Å². The molecule has 1 aromatic heterocycles. The highest BCUT2D eigenvalue weighted by Gasteiger charge is 2.20. The zero-order valence-corrected chi connectivity index (χ0v) is 14.6. The van der Waals surface area contributed by atoms with Crippen LogP contribution in [0, 0.1) is 0 Å². The Morgan fingerprint density at radius 3 is 2.46 bits per heavy atom. The molecule has 0 bridgehead atoms. The second kappa shape index (κ2) is 7.49. The Hall–Kier alpha value is -2.34. The first-order chi connectivity index (χ1) is 11.6. The minimum Gasteiger partial charge on any atom is -0.404 e. The second-order valence-corrected chi connectivity index (χ2v) is 6.42. The lowest BCUT2D eigenvalue weighted by Crippen LogP contribution is -2.25. The quantitative estimate of drug-likeness (QED) is 0.595. The number of halogens is 1. The molecule has 0 radical (unpaired) electrons. The molecule has 0 aliphatic carbocycles. The fraction of sp³-hybridized carbons (Fsp3) is 0.222. The normalized spacial score (nSPS) is 14.7. The molecule has 0 atom stereocenters. The predicted molar refractivity (Wildman–Crippen MR) is 95.3 cm³/mol. The number of benzene rings is 1. The summed E-state index contributed by atoms with van der Waals surface area (Å²) in [7, 11) is 0. The molecule has 2 heterocycles. The van der Waals surface area contributed by atoms with Crippen LogP contribution >= 0.6 is 15.9 Å². The maximum Gasteiger partial charge on any atom is 0.344 e. The van der Waals surface area contributed by atoms with Crippen molar-refractivity contribution in [2.24, 2.45) is 0 Å². The molecule has 124 valence electrons. The summed E-state index contributed by atoms with van der Waals surface area (Å²) >= 11 is 3.34. The van der Waals surface area contributed by atoms with Crippen LogP contribution in [0.25, 0.3) is 6.20 Å². The van der Waals surface area contributed by atoms with Crippen LogP contribution in [0.1, 0.15) is 23.2 Å². The third-order valence-electron chi connectivity index (χ3n) is 3.80. The van der Waals surface area contributed by atoms with Gasteiger partial charge in [-0.25, -0.2) is 4.79 Å². The highest BCUT2D eigenvalue weighted by atomic mass is 79.9. The van der Waals surface area contributed by atoms with Gasteiger partial charge in [0.15, 0.2) is 0 Å². The predicted octanol–water partition coefficient (Wildman–Crippen LogP) is 3.32. The van der Waals surface area contributed by atoms with Crippen LogP contribution in [0.2, 0.25) is 0 Å². The molecule has 0 unspecified atom stereocenters. The summed E-state index contributed by atoms with van der Waals surface area (Å²) in [6.07, 6.45) is 5.30. The number of carbonyl (C=O) groups is 1. The number of likely N-dealkylation sites (tertiary alicyclic amines) is 1. The first-order valence-electron chi connectivity index (χ1n) is 7.75. The summed E-state index contributed by atoms with van der Waals surface area (Å²) < 4.78 is 7.91. The van der Waals surface area contributed by atoms with Gasteiger partial charge in [0, 0.05) is 29.8 Å². The van der Waals surface area contributed by atoms with Crippen LogP contribution in [0.3, 0.4) is 0 Å². The maximum absolute atomic E-state index is 12.4. The number of carbonyl (C=O) groups excluding carboxylic acids is 1. The van der Waals surface area contributed by atoms with Gasteiger partial charge < -0.3 is 9.64 Å². The van der Waals surface area contributed by atoms with Gasteiger partial charge in [0.25, 0.3) is 5.56 Å². The largest absolute Gasteiger partial charge is 0.404 e. The Bertz CT molecular complexity index is 806. The van der Waals surface area contributed by atoms with Gasteiger partial charge in [-0.05, 0) is 43.2 Å². The zero-order valence-electron chi connectivity index (χ0n) is 13.0. The number of rotatable bonds is 4. The third-order valence-corrected chi connectivity index (χ3v) is 4.32. The molecule has 1 aromatic carbocycles. The Morgan fingerprint density at radius 1 is 1.08 bits per heavy atom. The van der Waals surface area contributed by atoms with Gasteiger partial charge in [-0.1, -0.05) is 22.0 Å². The molecule has 0 spiro atoms. The molecular formula is C18H17BrN2O3. The minimum absolute atomic E-state index is 0.172. The van der Waals surface area contributed by atoms with Crippen LogP contribution < -0.4 is 5.56 Å².